The van der Waals surface area contributed by atoms with Crippen molar-refractivity contribution in [3.05, 3.63) is 30.2 Å². The maximum atomic E-state index is 13.0. The van der Waals surface area contributed by atoms with Gasteiger partial charge in [-0.15, -0.1) is 5.10 Å². The van der Waals surface area contributed by atoms with Gasteiger partial charge in [0, 0.05) is 25.2 Å². The zero-order valence-corrected chi connectivity index (χ0v) is 15.4. The van der Waals surface area contributed by atoms with Crippen LogP contribution in [0.15, 0.2) is 24.7 Å². The van der Waals surface area contributed by atoms with Crippen LogP contribution in [-0.4, -0.2) is 48.6 Å². The van der Waals surface area contributed by atoms with Gasteiger partial charge in [-0.05, 0) is 37.7 Å². The van der Waals surface area contributed by atoms with E-state index in [9.17, 15) is 18.7 Å². The number of primary amides is 1. The Morgan fingerprint density at radius 1 is 1.31 bits per heavy atom. The Labute approximate surface area is 164 Å². The van der Waals surface area contributed by atoms with Gasteiger partial charge in [0.05, 0.1) is 11.6 Å². The van der Waals surface area contributed by atoms with Crippen molar-refractivity contribution in [2.24, 2.45) is 11.7 Å². The topological polar surface area (TPSA) is 121 Å². The summed E-state index contributed by atoms with van der Waals surface area (Å²) in [5.41, 5.74) is 5.98. The molecule has 9 nitrogen and oxygen atoms in total. The van der Waals surface area contributed by atoms with Crippen LogP contribution in [0.5, 0.6) is 5.88 Å². The number of amides is 1. The van der Waals surface area contributed by atoms with Gasteiger partial charge >= 0.3 is 6.61 Å². The van der Waals surface area contributed by atoms with Crippen LogP contribution >= 0.6 is 0 Å². The van der Waals surface area contributed by atoms with Crippen molar-refractivity contribution in [2.45, 2.75) is 38.3 Å². The molecule has 3 heterocycles. The lowest BCUT2D eigenvalue weighted by Crippen LogP contribution is -2.20. The van der Waals surface area contributed by atoms with E-state index in [-0.39, 0.29) is 46.9 Å². The van der Waals surface area contributed by atoms with E-state index in [1.165, 1.54) is 10.7 Å². The van der Waals surface area contributed by atoms with Crippen LogP contribution < -0.4 is 10.5 Å². The Hall–Kier alpha value is -3.08. The Balaban J connectivity index is 1.79. The lowest BCUT2D eigenvalue weighted by molar-refractivity contribution is -0.0530. The number of alkyl halides is 2. The van der Waals surface area contributed by atoms with Crippen LogP contribution in [0.2, 0.25) is 0 Å². The molecule has 0 spiro atoms. The molecule has 0 bridgehead atoms. The number of fused-ring (bicyclic) bond motifs is 1. The number of carbonyl (C=O) groups is 1. The zero-order chi connectivity index (χ0) is 20.5. The summed E-state index contributed by atoms with van der Waals surface area (Å²) in [6, 6.07) is 1.59. The molecule has 11 heteroatoms. The number of halogens is 2. The average molecular weight is 406 g/mol. The maximum Gasteiger partial charge on any atom is 0.388 e. The van der Waals surface area contributed by atoms with Crippen molar-refractivity contribution in [3.63, 3.8) is 0 Å². The molecule has 29 heavy (non-hydrogen) atoms. The molecule has 0 aliphatic heterocycles. The molecule has 1 aliphatic carbocycles. The highest BCUT2D eigenvalue weighted by atomic mass is 19.3. The minimum absolute atomic E-state index is 0.00764. The first-order valence-corrected chi connectivity index (χ1v) is 9.26. The Bertz CT molecular complexity index is 1030. The number of nitrogens with zero attached hydrogens (tertiary/aromatic N) is 5. The molecule has 0 atom stereocenters. The predicted octanol–water partition coefficient (Wildman–Crippen LogP) is 2.02. The van der Waals surface area contributed by atoms with Crippen LogP contribution in [0.1, 0.15) is 42.1 Å². The third kappa shape index (κ3) is 3.65. The van der Waals surface area contributed by atoms with Gasteiger partial charge in [0.1, 0.15) is 11.3 Å². The Morgan fingerprint density at radius 3 is 2.72 bits per heavy atom. The van der Waals surface area contributed by atoms with Crippen molar-refractivity contribution >= 4 is 11.6 Å². The van der Waals surface area contributed by atoms with E-state index in [4.69, 9.17) is 5.73 Å². The summed E-state index contributed by atoms with van der Waals surface area (Å²) in [6.07, 6.45) is 7.72. The second-order valence-electron chi connectivity index (χ2n) is 7.04. The molecule has 3 aromatic heterocycles. The molecule has 0 saturated heterocycles. The largest absolute Gasteiger partial charge is 0.415 e. The number of rotatable bonds is 6. The van der Waals surface area contributed by atoms with Crippen LogP contribution in [0.25, 0.3) is 16.9 Å². The number of nitrogens with two attached hydrogens (primary N) is 1. The molecule has 0 unspecified atom stereocenters. The van der Waals surface area contributed by atoms with Gasteiger partial charge in [0.2, 0.25) is 5.88 Å². The lowest BCUT2D eigenvalue weighted by atomic mass is 9.87. The number of carbonyl (C=O) groups excluding carboxylic acids is 1. The molecule has 3 N–H and O–H groups in total. The Morgan fingerprint density at radius 2 is 2.07 bits per heavy atom. The minimum atomic E-state index is -3.09. The van der Waals surface area contributed by atoms with Gasteiger partial charge in [0.25, 0.3) is 5.91 Å². The SMILES string of the molecule is NC(=O)c1c(-c2cn(C3CCC(CO)CC3)nc2OC(F)F)nn2cccnc12. The molecule has 3 aromatic rings. The highest BCUT2D eigenvalue weighted by molar-refractivity contribution is 6.05. The minimum Gasteiger partial charge on any atom is -0.415 e. The summed E-state index contributed by atoms with van der Waals surface area (Å²) in [5, 5.41) is 17.8. The summed E-state index contributed by atoms with van der Waals surface area (Å²) in [6.45, 7) is -2.96. The van der Waals surface area contributed by atoms with Gasteiger partial charge < -0.3 is 15.6 Å². The van der Waals surface area contributed by atoms with E-state index >= 15 is 0 Å². The summed E-state index contributed by atoms with van der Waals surface area (Å²) < 4.78 is 33.5. The van der Waals surface area contributed by atoms with E-state index in [2.05, 4.69) is 19.9 Å². The van der Waals surface area contributed by atoms with Gasteiger partial charge in [0.15, 0.2) is 5.65 Å². The summed E-state index contributed by atoms with van der Waals surface area (Å²) >= 11 is 0. The maximum absolute atomic E-state index is 13.0. The third-order valence-electron chi connectivity index (χ3n) is 5.24. The van der Waals surface area contributed by atoms with Crippen molar-refractivity contribution in [3.8, 4) is 17.1 Å². The zero-order valence-electron chi connectivity index (χ0n) is 15.4. The molecule has 154 valence electrons. The molecular weight excluding hydrogens is 386 g/mol. The lowest BCUT2D eigenvalue weighted by Gasteiger charge is -2.27. The molecule has 0 aromatic carbocycles. The highest BCUT2D eigenvalue weighted by Crippen LogP contribution is 2.37. The standard InChI is InChI=1S/C18H20F2N6O3/c19-18(20)29-17-12(8-26(24-17)11-4-2-10(9-27)3-5-11)14-13(15(21)28)16-22-6-1-7-25(16)23-14/h1,6-8,10-11,18,27H,2-5,9H2,(H2,21,28). The quantitative estimate of drug-likeness (QED) is 0.646. The molecule has 1 aliphatic rings. The van der Waals surface area contributed by atoms with E-state index < -0.39 is 12.5 Å². The number of aromatic nitrogens is 5. The van der Waals surface area contributed by atoms with E-state index in [0.717, 1.165) is 25.7 Å². The third-order valence-corrected chi connectivity index (χ3v) is 5.24. The van der Waals surface area contributed by atoms with E-state index in [0.29, 0.717) is 0 Å². The first-order valence-electron chi connectivity index (χ1n) is 9.26. The average Bonchev–Trinajstić information content (AvgIpc) is 3.28. The van der Waals surface area contributed by atoms with Crippen molar-refractivity contribution < 1.29 is 23.4 Å². The molecule has 4 rings (SSSR count). The monoisotopic (exact) mass is 406 g/mol. The molecule has 1 saturated carbocycles. The molecule has 1 amide bonds. The molecular formula is C18H20F2N6O3. The van der Waals surface area contributed by atoms with Gasteiger partial charge in [-0.2, -0.15) is 13.9 Å². The predicted molar refractivity (Wildman–Crippen MR) is 97.4 cm³/mol. The van der Waals surface area contributed by atoms with Crippen molar-refractivity contribution in [2.75, 3.05) is 6.61 Å². The fourth-order valence-electron chi connectivity index (χ4n) is 3.79. The first-order chi connectivity index (χ1) is 14.0. The number of hydrogen-bond acceptors (Lipinski definition) is 6. The van der Waals surface area contributed by atoms with Gasteiger partial charge in [-0.25, -0.2) is 9.50 Å². The van der Waals surface area contributed by atoms with Crippen molar-refractivity contribution in [1.29, 1.82) is 0 Å². The number of hydrogen-bond donors (Lipinski definition) is 2. The van der Waals surface area contributed by atoms with Gasteiger partial charge in [-0.3, -0.25) is 9.48 Å². The van der Waals surface area contributed by atoms with Crippen LogP contribution in [0, 0.1) is 5.92 Å². The van der Waals surface area contributed by atoms with Crippen LogP contribution in [0.3, 0.4) is 0 Å². The molecule has 1 fully saturated rings. The fraction of sp³-hybridized carbons (Fsp3) is 0.444. The number of ether oxygens (including phenoxy) is 1. The van der Waals surface area contributed by atoms with Crippen LogP contribution in [0.4, 0.5) is 8.78 Å². The van der Waals surface area contributed by atoms with Crippen molar-refractivity contribution in [1.82, 2.24) is 24.4 Å². The summed E-state index contributed by atoms with van der Waals surface area (Å²) in [7, 11) is 0. The van der Waals surface area contributed by atoms with Crippen LogP contribution in [-0.2, 0) is 0 Å². The summed E-state index contributed by atoms with van der Waals surface area (Å²) in [5.74, 6) is -0.868. The normalized spacial score (nSPS) is 19.7. The second-order valence-corrected chi connectivity index (χ2v) is 7.04. The first kappa shape index (κ1) is 19.2. The van der Waals surface area contributed by atoms with E-state index in [1.54, 1.807) is 23.1 Å². The van der Waals surface area contributed by atoms with Gasteiger partial charge in [-0.1, -0.05) is 0 Å². The second kappa shape index (κ2) is 7.74. The summed E-state index contributed by atoms with van der Waals surface area (Å²) in [4.78, 5) is 16.2. The Kier molecular flexibility index (Phi) is 5.14. The number of aliphatic hydroxyl groups excluding tert-OH is 1. The molecule has 0 radical (unpaired) electrons. The smallest absolute Gasteiger partial charge is 0.388 e. The van der Waals surface area contributed by atoms with E-state index in [1.807, 2.05) is 0 Å². The fourth-order valence-corrected chi connectivity index (χ4v) is 3.79. The number of aliphatic hydroxyl groups is 1. The highest BCUT2D eigenvalue weighted by Gasteiger charge is 2.29.